The van der Waals surface area contributed by atoms with Crippen molar-refractivity contribution < 1.29 is 18.4 Å². The summed E-state index contributed by atoms with van der Waals surface area (Å²) in [7, 11) is 0. The molecule has 0 spiro atoms. The Morgan fingerprint density at radius 2 is 2.23 bits per heavy atom. The molecule has 2 heterocycles. The van der Waals surface area contributed by atoms with Crippen LogP contribution in [0.2, 0.25) is 0 Å². The van der Waals surface area contributed by atoms with Crippen LogP contribution in [0, 0.1) is 5.82 Å². The van der Waals surface area contributed by atoms with Crippen LogP contribution in [0.5, 0.6) is 0 Å². The van der Waals surface area contributed by atoms with Gasteiger partial charge in [-0.15, -0.1) is 0 Å². The molecule has 1 aromatic heterocycles. The highest BCUT2D eigenvalue weighted by molar-refractivity contribution is 5.95. The van der Waals surface area contributed by atoms with Crippen molar-refractivity contribution in [3.63, 3.8) is 0 Å². The van der Waals surface area contributed by atoms with Gasteiger partial charge in [0.1, 0.15) is 11.6 Å². The average Bonchev–Trinajstić information content (AvgIpc) is 2.99. The minimum Gasteiger partial charge on any atom is -0.467 e. The summed E-state index contributed by atoms with van der Waals surface area (Å²) in [6.07, 6.45) is 2.37. The number of amides is 3. The lowest BCUT2D eigenvalue weighted by molar-refractivity contribution is -0.116. The van der Waals surface area contributed by atoms with Crippen LogP contribution in [0.1, 0.15) is 17.7 Å². The first-order valence-electron chi connectivity index (χ1n) is 6.81. The normalized spacial score (nSPS) is 13.2. The predicted molar refractivity (Wildman–Crippen MR) is 77.9 cm³/mol. The third-order valence-electron chi connectivity index (χ3n) is 3.34. The summed E-state index contributed by atoms with van der Waals surface area (Å²) in [4.78, 5) is 23.1. The first-order chi connectivity index (χ1) is 10.6. The van der Waals surface area contributed by atoms with Gasteiger partial charge >= 0.3 is 6.03 Å². The van der Waals surface area contributed by atoms with Gasteiger partial charge in [-0.2, -0.15) is 0 Å². The molecule has 0 saturated carbocycles. The standard InChI is InChI=1S/C15H14FN3O3/c16-11-7-12-9(3-4-14(20)18-12)6-13(11)19-15(21)17-8-10-2-1-5-22-10/h1-2,5-7H,3-4,8H2,(H,18,20)(H2,17,19,21). The number of hydrogen-bond donors (Lipinski definition) is 3. The van der Waals surface area contributed by atoms with Crippen molar-refractivity contribution >= 4 is 23.3 Å². The van der Waals surface area contributed by atoms with Crippen molar-refractivity contribution in [2.45, 2.75) is 19.4 Å². The van der Waals surface area contributed by atoms with Gasteiger partial charge in [0, 0.05) is 12.1 Å². The number of urea groups is 1. The number of nitrogens with one attached hydrogen (secondary N) is 3. The number of halogens is 1. The van der Waals surface area contributed by atoms with E-state index in [0.717, 1.165) is 5.56 Å². The van der Waals surface area contributed by atoms with E-state index >= 15 is 0 Å². The Morgan fingerprint density at radius 1 is 1.36 bits per heavy atom. The summed E-state index contributed by atoms with van der Waals surface area (Å²) >= 11 is 0. The van der Waals surface area contributed by atoms with Crippen LogP contribution < -0.4 is 16.0 Å². The largest absolute Gasteiger partial charge is 0.467 e. The molecule has 0 unspecified atom stereocenters. The number of anilines is 2. The molecule has 0 bridgehead atoms. The van der Waals surface area contributed by atoms with Gasteiger partial charge in [-0.1, -0.05) is 0 Å². The van der Waals surface area contributed by atoms with Crippen LogP contribution in [0.3, 0.4) is 0 Å². The van der Waals surface area contributed by atoms with E-state index < -0.39 is 11.8 Å². The van der Waals surface area contributed by atoms with Crippen LogP contribution in [0.15, 0.2) is 34.9 Å². The molecule has 1 aliphatic heterocycles. The van der Waals surface area contributed by atoms with Gasteiger partial charge in [0.15, 0.2) is 0 Å². The van der Waals surface area contributed by atoms with Gasteiger partial charge in [-0.05, 0) is 36.2 Å². The lowest BCUT2D eigenvalue weighted by Crippen LogP contribution is -2.28. The van der Waals surface area contributed by atoms with E-state index in [1.54, 1.807) is 12.1 Å². The number of fused-ring (bicyclic) bond motifs is 1. The molecule has 2 aromatic rings. The molecule has 3 N–H and O–H groups in total. The molecule has 6 nitrogen and oxygen atoms in total. The summed E-state index contributed by atoms with van der Waals surface area (Å²) in [6, 6.07) is 5.66. The predicted octanol–water partition coefficient (Wildman–Crippen LogP) is 2.63. The van der Waals surface area contributed by atoms with Crippen molar-refractivity contribution in [3.8, 4) is 0 Å². The van der Waals surface area contributed by atoms with E-state index in [4.69, 9.17) is 4.42 Å². The van der Waals surface area contributed by atoms with Crippen LogP contribution in [-0.2, 0) is 17.8 Å². The monoisotopic (exact) mass is 303 g/mol. The molecule has 0 radical (unpaired) electrons. The molecule has 1 aromatic carbocycles. The topological polar surface area (TPSA) is 83.4 Å². The molecule has 3 rings (SSSR count). The second-order valence-corrected chi connectivity index (χ2v) is 4.92. The first-order valence-corrected chi connectivity index (χ1v) is 6.81. The van der Waals surface area contributed by atoms with E-state index in [2.05, 4.69) is 16.0 Å². The van der Waals surface area contributed by atoms with Gasteiger partial charge < -0.3 is 20.4 Å². The highest BCUT2D eigenvalue weighted by Crippen LogP contribution is 2.28. The summed E-state index contributed by atoms with van der Waals surface area (Å²) in [5.74, 6) is -0.137. The Balaban J connectivity index is 1.67. The quantitative estimate of drug-likeness (QED) is 0.815. The number of benzene rings is 1. The van der Waals surface area contributed by atoms with Gasteiger partial charge in [-0.3, -0.25) is 4.79 Å². The fourth-order valence-corrected chi connectivity index (χ4v) is 2.25. The van der Waals surface area contributed by atoms with E-state index in [0.29, 0.717) is 24.3 Å². The molecule has 114 valence electrons. The summed E-state index contributed by atoms with van der Waals surface area (Å²) in [5.41, 5.74) is 1.32. The SMILES string of the molecule is O=C1CCc2cc(NC(=O)NCc3ccco3)c(F)cc2N1. The third kappa shape index (κ3) is 3.08. The number of furan rings is 1. The third-order valence-corrected chi connectivity index (χ3v) is 3.34. The molecular weight excluding hydrogens is 289 g/mol. The van der Waals surface area contributed by atoms with E-state index in [-0.39, 0.29) is 18.1 Å². The average molecular weight is 303 g/mol. The maximum Gasteiger partial charge on any atom is 0.319 e. The second kappa shape index (κ2) is 5.88. The number of hydrogen-bond acceptors (Lipinski definition) is 3. The molecule has 1 aliphatic rings. The zero-order valence-corrected chi connectivity index (χ0v) is 11.6. The molecule has 0 fully saturated rings. The van der Waals surface area contributed by atoms with Crippen molar-refractivity contribution in [2.24, 2.45) is 0 Å². The van der Waals surface area contributed by atoms with E-state index in [9.17, 15) is 14.0 Å². The highest BCUT2D eigenvalue weighted by atomic mass is 19.1. The molecule has 3 amide bonds. The van der Waals surface area contributed by atoms with Crippen LogP contribution in [0.4, 0.5) is 20.6 Å². The number of carbonyl (C=O) groups excluding carboxylic acids is 2. The maximum absolute atomic E-state index is 14.0. The van der Waals surface area contributed by atoms with Crippen LogP contribution in [-0.4, -0.2) is 11.9 Å². The maximum atomic E-state index is 14.0. The van der Waals surface area contributed by atoms with Crippen molar-refractivity contribution in [1.29, 1.82) is 0 Å². The molecule has 22 heavy (non-hydrogen) atoms. The van der Waals surface area contributed by atoms with Crippen molar-refractivity contribution in [3.05, 3.63) is 47.7 Å². The number of aryl methyl sites for hydroxylation is 1. The Kier molecular flexibility index (Phi) is 3.78. The van der Waals surface area contributed by atoms with Gasteiger partial charge in [0.25, 0.3) is 0 Å². The zero-order valence-electron chi connectivity index (χ0n) is 11.6. The fourth-order valence-electron chi connectivity index (χ4n) is 2.25. The molecule has 0 aliphatic carbocycles. The molecular formula is C15H14FN3O3. The van der Waals surface area contributed by atoms with Gasteiger partial charge in [0.05, 0.1) is 18.5 Å². The van der Waals surface area contributed by atoms with Gasteiger partial charge in [-0.25, -0.2) is 9.18 Å². The van der Waals surface area contributed by atoms with E-state index in [1.165, 1.54) is 18.4 Å². The van der Waals surface area contributed by atoms with Crippen LogP contribution >= 0.6 is 0 Å². The smallest absolute Gasteiger partial charge is 0.319 e. The minimum absolute atomic E-state index is 0.0758. The summed E-state index contributed by atoms with van der Waals surface area (Å²) in [5, 5.41) is 7.63. The molecule has 7 heteroatoms. The fraction of sp³-hybridized carbons (Fsp3) is 0.200. The first kappa shape index (κ1) is 14.1. The Labute approximate surface area is 125 Å². The lowest BCUT2D eigenvalue weighted by Gasteiger charge is -2.18. The second-order valence-electron chi connectivity index (χ2n) is 4.92. The summed E-state index contributed by atoms with van der Waals surface area (Å²) in [6.45, 7) is 0.210. The van der Waals surface area contributed by atoms with E-state index in [1.807, 2.05) is 0 Å². The Hall–Kier alpha value is -2.83. The minimum atomic E-state index is -0.603. The molecule has 0 saturated heterocycles. The van der Waals surface area contributed by atoms with Crippen molar-refractivity contribution in [2.75, 3.05) is 10.6 Å². The molecule has 0 atom stereocenters. The Bertz CT molecular complexity index is 713. The van der Waals surface area contributed by atoms with Crippen LogP contribution in [0.25, 0.3) is 0 Å². The highest BCUT2D eigenvalue weighted by Gasteiger charge is 2.18. The van der Waals surface area contributed by atoms with Crippen molar-refractivity contribution in [1.82, 2.24) is 5.32 Å². The summed E-state index contributed by atoms with van der Waals surface area (Å²) < 4.78 is 19.1. The lowest BCUT2D eigenvalue weighted by atomic mass is 10.0. The number of carbonyl (C=O) groups is 2. The Morgan fingerprint density at radius 3 is 3.00 bits per heavy atom. The number of rotatable bonds is 3. The van der Waals surface area contributed by atoms with Gasteiger partial charge in [0.2, 0.25) is 5.91 Å². The zero-order chi connectivity index (χ0) is 15.5.